The van der Waals surface area contributed by atoms with Crippen molar-refractivity contribution < 1.29 is 14.7 Å². The third-order valence-electron chi connectivity index (χ3n) is 1.79. The van der Waals surface area contributed by atoms with Crippen LogP contribution in [0.1, 0.15) is 12.8 Å². The first-order valence-electron chi connectivity index (χ1n) is 3.67. The Balaban J connectivity index is 2.52. The number of rotatable bonds is 2. The maximum Gasteiger partial charge on any atom is 0.326 e. The van der Waals surface area contributed by atoms with Gasteiger partial charge in [-0.1, -0.05) is 0 Å². The number of aliphatic carboxylic acids is 1. The smallest absolute Gasteiger partial charge is 0.326 e. The van der Waals surface area contributed by atoms with Gasteiger partial charge in [-0.15, -0.1) is 0 Å². The van der Waals surface area contributed by atoms with Gasteiger partial charge in [0.2, 0.25) is 0 Å². The molecular weight excluding hydrogens is 162 g/mol. The lowest BCUT2D eigenvalue weighted by molar-refractivity contribution is -0.142. The number of hydrogen-bond donors (Lipinski definition) is 3. The van der Waals surface area contributed by atoms with Gasteiger partial charge in [0, 0.05) is 6.54 Å². The van der Waals surface area contributed by atoms with E-state index in [4.69, 9.17) is 10.8 Å². The van der Waals surface area contributed by atoms with Crippen molar-refractivity contribution in [2.75, 3.05) is 6.54 Å². The highest BCUT2D eigenvalue weighted by atomic mass is 16.4. The zero-order chi connectivity index (χ0) is 9.14. The van der Waals surface area contributed by atoms with Gasteiger partial charge in [-0.3, -0.25) is 10.2 Å². The average molecular weight is 173 g/mol. The van der Waals surface area contributed by atoms with Crippen molar-refractivity contribution in [3.8, 4) is 0 Å². The number of carboxylic acid groups (broad SMARTS) is 1. The highest BCUT2D eigenvalue weighted by molar-refractivity contribution is 5.75. The Morgan fingerprint density at radius 3 is 2.75 bits per heavy atom. The number of hydrogen-bond acceptors (Lipinski definition) is 3. The minimum absolute atomic E-state index is 0.542. The lowest BCUT2D eigenvalue weighted by Crippen LogP contribution is -2.50. The van der Waals surface area contributed by atoms with E-state index < -0.39 is 18.0 Å². The molecule has 1 aliphatic heterocycles. The molecule has 0 aromatic carbocycles. The zero-order valence-electron chi connectivity index (χ0n) is 6.49. The van der Waals surface area contributed by atoms with E-state index in [1.165, 1.54) is 5.01 Å². The van der Waals surface area contributed by atoms with Gasteiger partial charge in [0.15, 0.2) is 0 Å². The number of carbonyl (C=O) groups excluding carboxylic acids is 1. The second-order valence-corrected chi connectivity index (χ2v) is 2.67. The van der Waals surface area contributed by atoms with Crippen LogP contribution in [0.3, 0.4) is 0 Å². The number of primary amides is 1. The van der Waals surface area contributed by atoms with Crippen molar-refractivity contribution in [1.82, 2.24) is 10.4 Å². The molecule has 0 bridgehead atoms. The lowest BCUT2D eigenvalue weighted by atomic mass is 10.2. The highest BCUT2D eigenvalue weighted by Gasteiger charge is 2.31. The fourth-order valence-corrected chi connectivity index (χ4v) is 1.30. The first-order valence-corrected chi connectivity index (χ1v) is 3.67. The summed E-state index contributed by atoms with van der Waals surface area (Å²) in [5.74, 6) is -0.929. The fourth-order valence-electron chi connectivity index (χ4n) is 1.30. The quantitative estimate of drug-likeness (QED) is 0.505. The molecular formula is C6H11N3O3. The summed E-state index contributed by atoms with van der Waals surface area (Å²) in [6.45, 7) is 0.542. The fraction of sp³-hybridized carbons (Fsp3) is 0.667. The summed E-state index contributed by atoms with van der Waals surface area (Å²) < 4.78 is 0. The summed E-state index contributed by atoms with van der Waals surface area (Å²) in [6.07, 6.45) is 1.31. The molecule has 2 amide bonds. The van der Waals surface area contributed by atoms with E-state index in [2.05, 4.69) is 5.43 Å². The Morgan fingerprint density at radius 1 is 1.58 bits per heavy atom. The van der Waals surface area contributed by atoms with Gasteiger partial charge in [0.25, 0.3) is 0 Å². The van der Waals surface area contributed by atoms with Gasteiger partial charge in [0.1, 0.15) is 6.04 Å². The van der Waals surface area contributed by atoms with Crippen LogP contribution >= 0.6 is 0 Å². The lowest BCUT2D eigenvalue weighted by Gasteiger charge is -2.20. The Kier molecular flexibility index (Phi) is 2.49. The number of amides is 2. The van der Waals surface area contributed by atoms with Crippen molar-refractivity contribution in [1.29, 1.82) is 0 Å². The van der Waals surface area contributed by atoms with E-state index in [-0.39, 0.29) is 0 Å². The molecule has 0 spiro atoms. The molecule has 0 aromatic heterocycles. The SMILES string of the molecule is NC(=O)NN1CCC[C@H]1C(=O)O. The molecule has 0 aliphatic carbocycles. The van der Waals surface area contributed by atoms with E-state index in [1.807, 2.05) is 0 Å². The Labute approximate surface area is 69.3 Å². The molecule has 1 heterocycles. The molecule has 1 rings (SSSR count). The first-order chi connectivity index (χ1) is 5.61. The molecule has 68 valence electrons. The van der Waals surface area contributed by atoms with Crippen molar-refractivity contribution in [3.63, 3.8) is 0 Å². The summed E-state index contributed by atoms with van der Waals surface area (Å²) in [5, 5.41) is 10.0. The van der Waals surface area contributed by atoms with Gasteiger partial charge in [0.05, 0.1) is 0 Å². The summed E-state index contributed by atoms with van der Waals surface area (Å²) in [4.78, 5) is 21.0. The Morgan fingerprint density at radius 2 is 2.25 bits per heavy atom. The molecule has 1 fully saturated rings. The Hall–Kier alpha value is -1.30. The van der Waals surface area contributed by atoms with Crippen LogP contribution in [0, 0.1) is 0 Å². The molecule has 6 heteroatoms. The van der Waals surface area contributed by atoms with Crippen molar-refractivity contribution in [3.05, 3.63) is 0 Å². The number of nitrogens with one attached hydrogen (secondary N) is 1. The van der Waals surface area contributed by atoms with Crippen LogP contribution in [-0.4, -0.2) is 34.7 Å². The van der Waals surface area contributed by atoms with Crippen molar-refractivity contribution in [2.24, 2.45) is 5.73 Å². The predicted molar refractivity (Wildman–Crippen MR) is 40.1 cm³/mol. The number of carboxylic acids is 1. The van der Waals surface area contributed by atoms with Crippen molar-refractivity contribution in [2.45, 2.75) is 18.9 Å². The van der Waals surface area contributed by atoms with Crippen LogP contribution < -0.4 is 11.2 Å². The maximum absolute atomic E-state index is 10.6. The molecule has 0 aromatic rings. The van der Waals surface area contributed by atoms with E-state index in [9.17, 15) is 9.59 Å². The summed E-state index contributed by atoms with van der Waals surface area (Å²) in [5.41, 5.74) is 7.11. The third kappa shape index (κ3) is 1.85. The van der Waals surface area contributed by atoms with Crippen LogP contribution in [-0.2, 0) is 4.79 Å². The van der Waals surface area contributed by atoms with Gasteiger partial charge < -0.3 is 10.8 Å². The topological polar surface area (TPSA) is 95.7 Å². The third-order valence-corrected chi connectivity index (χ3v) is 1.79. The van der Waals surface area contributed by atoms with Crippen LogP contribution in [0.2, 0.25) is 0 Å². The molecule has 1 saturated heterocycles. The van der Waals surface area contributed by atoms with E-state index in [1.54, 1.807) is 0 Å². The standard InChI is InChI=1S/C6H11N3O3/c7-6(12)8-9-3-1-2-4(9)5(10)11/h4H,1-3H2,(H,10,11)(H3,7,8,12)/t4-/m0/s1. The van der Waals surface area contributed by atoms with Gasteiger partial charge in [-0.05, 0) is 12.8 Å². The molecule has 1 atom stereocenters. The van der Waals surface area contributed by atoms with Gasteiger partial charge in [-0.2, -0.15) is 0 Å². The van der Waals surface area contributed by atoms with E-state index in [0.29, 0.717) is 13.0 Å². The molecule has 4 N–H and O–H groups in total. The maximum atomic E-state index is 10.6. The van der Waals surface area contributed by atoms with Crippen LogP contribution in [0.4, 0.5) is 4.79 Å². The minimum atomic E-state index is -0.929. The highest BCUT2D eigenvalue weighted by Crippen LogP contribution is 2.14. The second kappa shape index (κ2) is 3.40. The van der Waals surface area contributed by atoms with E-state index >= 15 is 0 Å². The van der Waals surface area contributed by atoms with E-state index in [0.717, 1.165) is 6.42 Å². The summed E-state index contributed by atoms with van der Waals surface area (Å²) >= 11 is 0. The number of hydrazine groups is 1. The second-order valence-electron chi connectivity index (χ2n) is 2.67. The molecule has 0 unspecified atom stereocenters. The normalized spacial score (nSPS) is 23.8. The van der Waals surface area contributed by atoms with Crippen LogP contribution in [0.15, 0.2) is 0 Å². The number of carbonyl (C=O) groups is 2. The van der Waals surface area contributed by atoms with Gasteiger partial charge in [-0.25, -0.2) is 9.80 Å². The van der Waals surface area contributed by atoms with Gasteiger partial charge >= 0.3 is 12.0 Å². The largest absolute Gasteiger partial charge is 0.480 e. The molecule has 12 heavy (non-hydrogen) atoms. The van der Waals surface area contributed by atoms with Crippen LogP contribution in [0.5, 0.6) is 0 Å². The summed E-state index contributed by atoms with van der Waals surface area (Å²) in [6, 6.07) is -1.35. The summed E-state index contributed by atoms with van der Waals surface area (Å²) in [7, 11) is 0. The molecule has 0 saturated carbocycles. The number of nitrogens with two attached hydrogens (primary N) is 1. The Bertz CT molecular complexity index is 206. The first kappa shape index (κ1) is 8.79. The average Bonchev–Trinajstić information content (AvgIpc) is 2.33. The number of urea groups is 1. The zero-order valence-corrected chi connectivity index (χ0v) is 6.49. The predicted octanol–water partition coefficient (Wildman–Crippen LogP) is -0.881. The minimum Gasteiger partial charge on any atom is -0.480 e. The monoisotopic (exact) mass is 173 g/mol. The van der Waals surface area contributed by atoms with Crippen LogP contribution in [0.25, 0.3) is 0 Å². The molecule has 6 nitrogen and oxygen atoms in total. The molecule has 0 radical (unpaired) electrons. The number of nitrogens with zero attached hydrogens (tertiary/aromatic N) is 1. The van der Waals surface area contributed by atoms with Crippen molar-refractivity contribution >= 4 is 12.0 Å². The molecule has 1 aliphatic rings.